The van der Waals surface area contributed by atoms with Crippen LogP contribution in [0.1, 0.15) is 45.4 Å². The summed E-state index contributed by atoms with van der Waals surface area (Å²) in [7, 11) is 0. The summed E-state index contributed by atoms with van der Waals surface area (Å²) in [6.07, 6.45) is 7.47. The molecule has 0 unspecified atom stereocenters. The van der Waals surface area contributed by atoms with E-state index in [4.69, 9.17) is 0 Å². The minimum atomic E-state index is 0.137. The second-order valence-corrected chi connectivity index (χ2v) is 4.07. The standard InChI is InChI=1S/C11H22N2O/c1-2-8-12-11(14)9-13-10-6-4-3-5-7-10/h10,13H,2-9H2,1H3,(H,12,14). The van der Waals surface area contributed by atoms with Crippen molar-refractivity contribution >= 4 is 5.91 Å². The van der Waals surface area contributed by atoms with E-state index in [2.05, 4.69) is 17.6 Å². The lowest BCUT2D eigenvalue weighted by Crippen LogP contribution is -2.40. The molecule has 0 aromatic rings. The average molecular weight is 198 g/mol. The summed E-state index contributed by atoms with van der Waals surface area (Å²) in [5.74, 6) is 0.137. The number of amides is 1. The number of hydrogen-bond donors (Lipinski definition) is 2. The van der Waals surface area contributed by atoms with E-state index in [-0.39, 0.29) is 5.91 Å². The summed E-state index contributed by atoms with van der Waals surface area (Å²) < 4.78 is 0. The van der Waals surface area contributed by atoms with E-state index in [1.54, 1.807) is 0 Å². The van der Waals surface area contributed by atoms with Gasteiger partial charge in [-0.25, -0.2) is 0 Å². The molecule has 0 spiro atoms. The molecule has 1 aliphatic carbocycles. The van der Waals surface area contributed by atoms with E-state index in [0.717, 1.165) is 13.0 Å². The first kappa shape index (κ1) is 11.5. The summed E-state index contributed by atoms with van der Waals surface area (Å²) in [6.45, 7) is 3.35. The fourth-order valence-electron chi connectivity index (χ4n) is 1.87. The van der Waals surface area contributed by atoms with Crippen molar-refractivity contribution in [2.24, 2.45) is 0 Å². The largest absolute Gasteiger partial charge is 0.355 e. The molecule has 82 valence electrons. The first-order valence-electron chi connectivity index (χ1n) is 5.83. The maximum Gasteiger partial charge on any atom is 0.233 e. The molecule has 0 atom stereocenters. The Balaban J connectivity index is 2.03. The average Bonchev–Trinajstić information content (AvgIpc) is 2.25. The van der Waals surface area contributed by atoms with Gasteiger partial charge < -0.3 is 10.6 Å². The first-order valence-corrected chi connectivity index (χ1v) is 5.83. The van der Waals surface area contributed by atoms with E-state index in [9.17, 15) is 4.79 Å². The molecule has 3 heteroatoms. The van der Waals surface area contributed by atoms with Crippen molar-refractivity contribution < 1.29 is 4.79 Å². The van der Waals surface area contributed by atoms with Crippen molar-refractivity contribution in [3.05, 3.63) is 0 Å². The van der Waals surface area contributed by atoms with Crippen LogP contribution in [0, 0.1) is 0 Å². The molecular formula is C11H22N2O. The quantitative estimate of drug-likeness (QED) is 0.701. The minimum Gasteiger partial charge on any atom is -0.355 e. The van der Waals surface area contributed by atoms with Crippen LogP contribution in [0.4, 0.5) is 0 Å². The van der Waals surface area contributed by atoms with Gasteiger partial charge in [0.15, 0.2) is 0 Å². The maximum atomic E-state index is 11.3. The minimum absolute atomic E-state index is 0.137. The third-order valence-corrected chi connectivity index (χ3v) is 2.73. The van der Waals surface area contributed by atoms with Crippen LogP contribution >= 0.6 is 0 Å². The van der Waals surface area contributed by atoms with Gasteiger partial charge in [-0.15, -0.1) is 0 Å². The van der Waals surface area contributed by atoms with Crippen molar-refractivity contribution in [1.82, 2.24) is 10.6 Å². The third kappa shape index (κ3) is 4.61. The molecule has 0 aliphatic heterocycles. The zero-order chi connectivity index (χ0) is 10.2. The van der Waals surface area contributed by atoms with Gasteiger partial charge in [0, 0.05) is 12.6 Å². The van der Waals surface area contributed by atoms with Gasteiger partial charge in [0.2, 0.25) is 5.91 Å². The van der Waals surface area contributed by atoms with Gasteiger partial charge in [0.25, 0.3) is 0 Å². The summed E-state index contributed by atoms with van der Waals surface area (Å²) in [4.78, 5) is 11.3. The van der Waals surface area contributed by atoms with E-state index in [1.165, 1.54) is 32.1 Å². The number of carbonyl (C=O) groups is 1. The van der Waals surface area contributed by atoms with Crippen molar-refractivity contribution in [2.75, 3.05) is 13.1 Å². The number of nitrogens with one attached hydrogen (secondary N) is 2. The number of carbonyl (C=O) groups excluding carboxylic acids is 1. The molecule has 2 N–H and O–H groups in total. The normalized spacial score (nSPS) is 18.1. The van der Waals surface area contributed by atoms with Crippen molar-refractivity contribution in [2.45, 2.75) is 51.5 Å². The molecule has 0 bridgehead atoms. The Morgan fingerprint density at radius 1 is 1.29 bits per heavy atom. The summed E-state index contributed by atoms with van der Waals surface area (Å²) >= 11 is 0. The van der Waals surface area contributed by atoms with Gasteiger partial charge in [-0.2, -0.15) is 0 Å². The fraction of sp³-hybridized carbons (Fsp3) is 0.909. The maximum absolute atomic E-state index is 11.3. The number of hydrogen-bond acceptors (Lipinski definition) is 2. The highest BCUT2D eigenvalue weighted by molar-refractivity contribution is 5.77. The van der Waals surface area contributed by atoms with Crippen LogP contribution in [0.5, 0.6) is 0 Å². The second-order valence-electron chi connectivity index (χ2n) is 4.07. The highest BCUT2D eigenvalue weighted by Gasteiger charge is 2.13. The smallest absolute Gasteiger partial charge is 0.233 e. The van der Waals surface area contributed by atoms with E-state index in [1.807, 2.05) is 0 Å². The Morgan fingerprint density at radius 2 is 2.00 bits per heavy atom. The molecule has 1 aliphatic rings. The topological polar surface area (TPSA) is 41.1 Å². The summed E-state index contributed by atoms with van der Waals surface area (Å²) in [6, 6.07) is 0.580. The molecule has 1 rings (SSSR count). The molecule has 14 heavy (non-hydrogen) atoms. The van der Waals surface area contributed by atoms with Gasteiger partial charge >= 0.3 is 0 Å². The predicted octanol–water partition coefficient (Wildman–Crippen LogP) is 1.43. The zero-order valence-electron chi connectivity index (χ0n) is 9.14. The van der Waals surface area contributed by atoms with Crippen molar-refractivity contribution in [3.8, 4) is 0 Å². The molecule has 1 amide bonds. The molecule has 0 aromatic heterocycles. The molecule has 0 heterocycles. The first-order chi connectivity index (χ1) is 6.83. The zero-order valence-corrected chi connectivity index (χ0v) is 9.14. The van der Waals surface area contributed by atoms with E-state index in [0.29, 0.717) is 12.6 Å². The van der Waals surface area contributed by atoms with Crippen LogP contribution < -0.4 is 10.6 Å². The molecule has 1 saturated carbocycles. The van der Waals surface area contributed by atoms with Gasteiger partial charge in [-0.3, -0.25) is 4.79 Å². The lowest BCUT2D eigenvalue weighted by Gasteiger charge is -2.22. The van der Waals surface area contributed by atoms with Crippen LogP contribution in [0.2, 0.25) is 0 Å². The summed E-state index contributed by atoms with van der Waals surface area (Å²) in [5, 5.41) is 6.19. The monoisotopic (exact) mass is 198 g/mol. The summed E-state index contributed by atoms with van der Waals surface area (Å²) in [5.41, 5.74) is 0. The molecule has 0 saturated heterocycles. The molecule has 0 aromatic carbocycles. The molecule has 0 radical (unpaired) electrons. The van der Waals surface area contributed by atoms with Crippen LogP contribution in [-0.4, -0.2) is 25.0 Å². The van der Waals surface area contributed by atoms with Crippen LogP contribution in [0.3, 0.4) is 0 Å². The van der Waals surface area contributed by atoms with E-state index >= 15 is 0 Å². The highest BCUT2D eigenvalue weighted by Crippen LogP contribution is 2.16. The lowest BCUT2D eigenvalue weighted by atomic mass is 9.95. The van der Waals surface area contributed by atoms with E-state index < -0.39 is 0 Å². The van der Waals surface area contributed by atoms with Gasteiger partial charge in [0.1, 0.15) is 0 Å². The van der Waals surface area contributed by atoms with Gasteiger partial charge in [-0.1, -0.05) is 26.2 Å². The molecular weight excluding hydrogens is 176 g/mol. The molecule has 3 nitrogen and oxygen atoms in total. The van der Waals surface area contributed by atoms with Crippen LogP contribution in [-0.2, 0) is 4.79 Å². The third-order valence-electron chi connectivity index (χ3n) is 2.73. The Bertz CT molecular complexity index is 165. The Hall–Kier alpha value is -0.570. The number of rotatable bonds is 5. The predicted molar refractivity (Wildman–Crippen MR) is 58.2 cm³/mol. The Labute approximate surface area is 86.6 Å². The highest BCUT2D eigenvalue weighted by atomic mass is 16.1. The second kappa shape index (κ2) is 6.82. The Kier molecular flexibility index (Phi) is 5.60. The molecule has 1 fully saturated rings. The van der Waals surface area contributed by atoms with Gasteiger partial charge in [0.05, 0.1) is 6.54 Å². The SMILES string of the molecule is CCCNC(=O)CNC1CCCCC1. The Morgan fingerprint density at radius 3 is 2.64 bits per heavy atom. The fourth-order valence-corrected chi connectivity index (χ4v) is 1.87. The van der Waals surface area contributed by atoms with Gasteiger partial charge in [-0.05, 0) is 19.3 Å². The lowest BCUT2D eigenvalue weighted by molar-refractivity contribution is -0.120. The van der Waals surface area contributed by atoms with Crippen molar-refractivity contribution in [1.29, 1.82) is 0 Å². The van der Waals surface area contributed by atoms with Crippen LogP contribution in [0.25, 0.3) is 0 Å². The van der Waals surface area contributed by atoms with Crippen molar-refractivity contribution in [3.63, 3.8) is 0 Å². The van der Waals surface area contributed by atoms with Crippen LogP contribution in [0.15, 0.2) is 0 Å².